The highest BCUT2D eigenvalue weighted by Gasteiger charge is 2.42. The van der Waals surface area contributed by atoms with Crippen LogP contribution in [-0.2, 0) is 28.7 Å². The highest BCUT2D eigenvalue weighted by atomic mass is 17.0. The first-order valence-corrected chi connectivity index (χ1v) is 10.7. The van der Waals surface area contributed by atoms with Gasteiger partial charge in [0.15, 0.2) is 0 Å². The Morgan fingerprint density at radius 2 is 1.16 bits per heavy atom. The van der Waals surface area contributed by atoms with Gasteiger partial charge in [-0.05, 0) is 19.3 Å². The van der Waals surface area contributed by atoms with Crippen LogP contribution in [0.15, 0.2) is 0 Å². The summed E-state index contributed by atoms with van der Waals surface area (Å²) in [4.78, 5) is 30.0. The fourth-order valence-electron chi connectivity index (χ4n) is 2.34. The maximum absolute atomic E-state index is 5.96. The first-order valence-electron chi connectivity index (χ1n) is 10.7. The Morgan fingerprint density at radius 3 is 1.61 bits per heavy atom. The van der Waals surface area contributed by atoms with E-state index in [4.69, 9.17) is 34.5 Å². The molecule has 0 atom stereocenters. The van der Waals surface area contributed by atoms with Crippen molar-refractivity contribution in [1.82, 2.24) is 15.0 Å². The van der Waals surface area contributed by atoms with Crippen molar-refractivity contribution in [3.05, 3.63) is 0 Å². The number of hydrogen-bond donors (Lipinski definition) is 1. The van der Waals surface area contributed by atoms with Crippen molar-refractivity contribution in [3.63, 3.8) is 0 Å². The summed E-state index contributed by atoms with van der Waals surface area (Å²) < 4.78 is 16.3. The quantitative estimate of drug-likeness (QED) is 0.202. The van der Waals surface area contributed by atoms with Gasteiger partial charge in [-0.25, -0.2) is 9.68 Å². The zero-order valence-corrected chi connectivity index (χ0v) is 19.6. The van der Waals surface area contributed by atoms with E-state index in [1.165, 1.54) is 26.4 Å². The number of ether oxygens (including phenoxy) is 3. The van der Waals surface area contributed by atoms with Gasteiger partial charge in [0, 0.05) is 21.3 Å². The number of aromatic nitrogens is 3. The first kappa shape index (κ1) is 27.2. The van der Waals surface area contributed by atoms with E-state index in [2.05, 4.69) is 28.8 Å². The second kappa shape index (κ2) is 15.1. The van der Waals surface area contributed by atoms with Crippen LogP contribution in [-0.4, -0.2) is 62.2 Å². The number of methoxy groups -OCH3 is 3. The van der Waals surface area contributed by atoms with Gasteiger partial charge >= 0.3 is 6.10 Å². The van der Waals surface area contributed by atoms with E-state index in [9.17, 15) is 0 Å². The number of hydroxylamine groups is 1. The second-order valence-corrected chi connectivity index (χ2v) is 6.54. The predicted octanol–water partition coefficient (Wildman–Crippen LogP) is 2.81. The summed E-state index contributed by atoms with van der Waals surface area (Å²) in [5.74, 6) is 0.00725. The largest absolute Gasteiger partial charge is 0.402 e. The normalized spacial score (nSPS) is 11.7. The van der Waals surface area contributed by atoms with E-state index >= 15 is 0 Å². The van der Waals surface area contributed by atoms with Crippen molar-refractivity contribution in [2.24, 2.45) is 0 Å². The first-order chi connectivity index (χ1) is 15.0. The third-order valence-electron chi connectivity index (χ3n) is 4.13. The highest BCUT2D eigenvalue weighted by Crippen LogP contribution is 2.26. The van der Waals surface area contributed by atoms with Crippen molar-refractivity contribution in [1.29, 1.82) is 0 Å². The minimum atomic E-state index is -1.74. The number of anilines is 3. The summed E-state index contributed by atoms with van der Waals surface area (Å²) in [5.41, 5.74) is 5.96. The Morgan fingerprint density at radius 1 is 0.710 bits per heavy atom. The molecule has 0 amide bonds. The Balaban J connectivity index is 3.29. The molecule has 0 aliphatic heterocycles. The van der Waals surface area contributed by atoms with Gasteiger partial charge < -0.3 is 19.9 Å². The average molecular weight is 447 g/mol. The lowest BCUT2D eigenvalue weighted by Crippen LogP contribution is -2.54. The Labute approximate surface area is 184 Å². The van der Waals surface area contributed by atoms with Gasteiger partial charge in [0.25, 0.3) is 11.9 Å². The van der Waals surface area contributed by atoms with Crippen molar-refractivity contribution in [3.8, 4) is 0 Å². The fourth-order valence-corrected chi connectivity index (χ4v) is 2.34. The van der Waals surface area contributed by atoms with Gasteiger partial charge in [-0.15, -0.1) is 5.06 Å². The van der Waals surface area contributed by atoms with Gasteiger partial charge in [-0.1, -0.05) is 45.3 Å². The maximum atomic E-state index is 5.96. The third-order valence-corrected chi connectivity index (χ3v) is 4.13. The summed E-state index contributed by atoms with van der Waals surface area (Å²) in [5, 5.41) is 2.33. The van der Waals surface area contributed by atoms with Crippen LogP contribution in [0.4, 0.5) is 17.8 Å². The lowest BCUT2D eigenvalue weighted by atomic mass is 10.4. The number of hydrogen-bond acceptors (Lipinski definition) is 12. The number of nitrogens with two attached hydrogens (primary N) is 1. The molecule has 180 valence electrons. The molecule has 1 heterocycles. The van der Waals surface area contributed by atoms with E-state index in [1.807, 2.05) is 6.92 Å². The molecular formula is C19H38N6O6. The van der Waals surface area contributed by atoms with Gasteiger partial charge in [0.05, 0.1) is 19.8 Å². The SMILES string of the molecule is CCCCON(OCCCC)c1nc(N)nc(N(OCCCC)C(OC)(OC)OC)n1. The topological polar surface area (TPSA) is 127 Å². The van der Waals surface area contributed by atoms with Gasteiger partial charge in [0.1, 0.15) is 0 Å². The molecule has 0 aliphatic rings. The number of nitrogens with zero attached hydrogens (tertiary/aromatic N) is 5. The predicted molar refractivity (Wildman–Crippen MR) is 116 cm³/mol. The highest BCUT2D eigenvalue weighted by molar-refractivity contribution is 5.40. The van der Waals surface area contributed by atoms with Crippen molar-refractivity contribution < 1.29 is 28.7 Å². The Bertz CT molecular complexity index is 589. The minimum Gasteiger partial charge on any atom is -0.368 e. The van der Waals surface area contributed by atoms with E-state index in [-0.39, 0.29) is 17.8 Å². The standard InChI is InChI=1S/C19H38N6O6/c1-7-10-13-29-24(19(26-4,27-5)28-6)17-21-16(20)22-18(23-17)25(30-14-11-8-2)31-15-12-9-3/h7-15H2,1-6H3,(H2,20,21,22,23). The van der Waals surface area contributed by atoms with Crippen LogP contribution in [0, 0.1) is 0 Å². The molecule has 0 aromatic carbocycles. The molecule has 0 unspecified atom stereocenters. The maximum Gasteiger partial charge on any atom is 0.402 e. The molecule has 1 aromatic rings. The molecule has 0 fully saturated rings. The monoisotopic (exact) mass is 446 g/mol. The van der Waals surface area contributed by atoms with Gasteiger partial charge in [-0.3, -0.25) is 4.84 Å². The van der Waals surface area contributed by atoms with Crippen LogP contribution in [0.1, 0.15) is 59.3 Å². The molecule has 31 heavy (non-hydrogen) atoms. The van der Waals surface area contributed by atoms with Gasteiger partial charge in [-0.2, -0.15) is 15.0 Å². The van der Waals surface area contributed by atoms with Crippen LogP contribution in [0.3, 0.4) is 0 Å². The number of rotatable bonds is 18. The summed E-state index contributed by atoms with van der Waals surface area (Å²) >= 11 is 0. The molecule has 0 aliphatic carbocycles. The Kier molecular flexibility index (Phi) is 13.2. The van der Waals surface area contributed by atoms with E-state index < -0.39 is 6.10 Å². The molecule has 0 radical (unpaired) electrons. The molecule has 1 rings (SSSR count). The smallest absolute Gasteiger partial charge is 0.368 e. The molecule has 2 N–H and O–H groups in total. The molecule has 0 saturated heterocycles. The van der Waals surface area contributed by atoms with Crippen LogP contribution in [0.5, 0.6) is 0 Å². The minimum absolute atomic E-state index is 0.00679. The van der Waals surface area contributed by atoms with Crippen molar-refractivity contribution >= 4 is 17.8 Å². The molecular weight excluding hydrogens is 408 g/mol. The summed E-state index contributed by atoms with van der Waals surface area (Å²) in [6.07, 6.45) is 3.57. The van der Waals surface area contributed by atoms with Crippen LogP contribution in [0.25, 0.3) is 0 Å². The molecule has 1 aromatic heterocycles. The van der Waals surface area contributed by atoms with Gasteiger partial charge in [0.2, 0.25) is 5.95 Å². The van der Waals surface area contributed by atoms with E-state index in [0.29, 0.717) is 19.8 Å². The van der Waals surface area contributed by atoms with Crippen LogP contribution < -0.4 is 16.0 Å². The number of unbranched alkanes of at least 4 members (excludes halogenated alkanes) is 3. The summed E-state index contributed by atoms with van der Waals surface area (Å²) in [7, 11) is 4.22. The third kappa shape index (κ3) is 8.31. The molecule has 0 saturated carbocycles. The van der Waals surface area contributed by atoms with E-state index in [1.54, 1.807) is 0 Å². The molecule has 12 heteroatoms. The average Bonchev–Trinajstić information content (AvgIpc) is 2.78. The molecule has 12 nitrogen and oxygen atoms in total. The number of nitrogen functional groups attached to an aromatic ring is 1. The second-order valence-electron chi connectivity index (χ2n) is 6.54. The molecule has 0 spiro atoms. The lowest BCUT2D eigenvalue weighted by molar-refractivity contribution is -0.379. The zero-order chi connectivity index (χ0) is 23.1. The van der Waals surface area contributed by atoms with E-state index in [0.717, 1.165) is 43.8 Å². The van der Waals surface area contributed by atoms with Crippen LogP contribution >= 0.6 is 0 Å². The summed E-state index contributed by atoms with van der Waals surface area (Å²) in [6.45, 7) is 7.38. The zero-order valence-electron chi connectivity index (χ0n) is 19.6. The van der Waals surface area contributed by atoms with Crippen molar-refractivity contribution in [2.45, 2.75) is 65.4 Å². The lowest BCUT2D eigenvalue weighted by Gasteiger charge is -2.37. The van der Waals surface area contributed by atoms with Crippen molar-refractivity contribution in [2.75, 3.05) is 57.2 Å². The fraction of sp³-hybridized carbons (Fsp3) is 0.842. The summed E-state index contributed by atoms with van der Waals surface area (Å²) in [6, 6.07) is 0. The van der Waals surface area contributed by atoms with Crippen LogP contribution in [0.2, 0.25) is 0 Å². The molecule has 0 bridgehead atoms. The Hall–Kier alpha value is -1.83.